The van der Waals surface area contributed by atoms with Crippen molar-refractivity contribution in [3.63, 3.8) is 0 Å². The Morgan fingerprint density at radius 2 is 2.19 bits per heavy atom. The van der Waals surface area contributed by atoms with Crippen LogP contribution < -0.4 is 5.32 Å². The van der Waals surface area contributed by atoms with Gasteiger partial charge in [0.25, 0.3) is 0 Å². The number of aromatic nitrogens is 4. The van der Waals surface area contributed by atoms with E-state index in [1.165, 1.54) is 23.9 Å². The van der Waals surface area contributed by atoms with Crippen molar-refractivity contribution in [2.24, 2.45) is 0 Å². The molecule has 0 amide bonds. The highest BCUT2D eigenvalue weighted by molar-refractivity contribution is 9.10. The van der Waals surface area contributed by atoms with Crippen LogP contribution in [0, 0.1) is 5.82 Å². The highest BCUT2D eigenvalue weighted by Crippen LogP contribution is 2.23. The van der Waals surface area contributed by atoms with Gasteiger partial charge in [-0.25, -0.2) is 9.07 Å². The van der Waals surface area contributed by atoms with Crippen LogP contribution in [0.1, 0.15) is 19.4 Å². The molecule has 2 aromatic rings. The van der Waals surface area contributed by atoms with Gasteiger partial charge in [-0.1, -0.05) is 41.5 Å². The van der Waals surface area contributed by atoms with E-state index >= 15 is 0 Å². The minimum atomic E-state index is -0.249. The van der Waals surface area contributed by atoms with E-state index in [2.05, 4.69) is 50.6 Å². The summed E-state index contributed by atoms with van der Waals surface area (Å²) in [4.78, 5) is 0. The van der Waals surface area contributed by atoms with Crippen LogP contribution in [0.15, 0.2) is 27.8 Å². The molecule has 0 saturated heterocycles. The van der Waals surface area contributed by atoms with Crippen LogP contribution in [0.4, 0.5) is 4.39 Å². The number of halogens is 2. The first-order valence-electron chi connectivity index (χ1n) is 6.62. The van der Waals surface area contributed by atoms with Crippen molar-refractivity contribution in [1.82, 2.24) is 25.5 Å². The maximum Gasteiger partial charge on any atom is 0.209 e. The first-order chi connectivity index (χ1) is 10.0. The van der Waals surface area contributed by atoms with E-state index in [0.29, 0.717) is 18.3 Å². The number of nitrogens with one attached hydrogen (secondary N) is 1. The summed E-state index contributed by atoms with van der Waals surface area (Å²) >= 11 is 4.79. The van der Waals surface area contributed by atoms with E-state index in [0.717, 1.165) is 21.7 Å². The van der Waals surface area contributed by atoms with Gasteiger partial charge in [-0.2, -0.15) is 0 Å². The molecule has 1 heterocycles. The zero-order valence-corrected chi connectivity index (χ0v) is 14.3. The Hall–Kier alpha value is -0.990. The normalized spacial score (nSPS) is 11.3. The summed E-state index contributed by atoms with van der Waals surface area (Å²) in [6, 6.07) is 5.29. The summed E-state index contributed by atoms with van der Waals surface area (Å²) in [5.41, 5.74) is 0.890. The average molecular weight is 374 g/mol. The van der Waals surface area contributed by atoms with Crippen molar-refractivity contribution in [1.29, 1.82) is 0 Å². The van der Waals surface area contributed by atoms with E-state index in [1.54, 1.807) is 4.68 Å². The molecule has 5 nitrogen and oxygen atoms in total. The van der Waals surface area contributed by atoms with Crippen LogP contribution in [0.5, 0.6) is 0 Å². The van der Waals surface area contributed by atoms with E-state index in [1.807, 2.05) is 6.07 Å². The number of rotatable bonds is 7. The zero-order valence-electron chi connectivity index (χ0n) is 11.9. The molecule has 0 radical (unpaired) electrons. The number of thioether (sulfide) groups is 1. The monoisotopic (exact) mass is 373 g/mol. The molecule has 2 rings (SSSR count). The number of hydrogen-bond donors (Lipinski definition) is 1. The van der Waals surface area contributed by atoms with Gasteiger partial charge in [0.2, 0.25) is 5.16 Å². The Morgan fingerprint density at radius 3 is 2.90 bits per heavy atom. The average Bonchev–Trinajstić information content (AvgIpc) is 2.82. The Bertz CT molecular complexity index is 569. The fourth-order valence-corrected chi connectivity index (χ4v) is 3.09. The van der Waals surface area contributed by atoms with E-state index in [9.17, 15) is 4.39 Å². The lowest BCUT2D eigenvalue weighted by atomic mass is 10.2. The SMILES string of the molecule is CC(C)NCCn1nnnc1SCc1cc(F)cc(Br)c1. The second-order valence-electron chi connectivity index (χ2n) is 4.86. The largest absolute Gasteiger partial charge is 0.313 e. The number of nitrogens with zero attached hydrogens (tertiary/aromatic N) is 4. The zero-order chi connectivity index (χ0) is 15.2. The second kappa shape index (κ2) is 7.86. The molecule has 0 aliphatic heterocycles. The predicted octanol–water partition coefficient (Wildman–Crippen LogP) is 2.87. The molecular weight excluding hydrogens is 357 g/mol. The Morgan fingerprint density at radius 1 is 1.38 bits per heavy atom. The second-order valence-corrected chi connectivity index (χ2v) is 6.72. The summed E-state index contributed by atoms with van der Waals surface area (Å²) in [6.45, 7) is 5.70. The van der Waals surface area contributed by atoms with Gasteiger partial charge in [-0.05, 0) is 34.2 Å². The molecule has 8 heteroatoms. The van der Waals surface area contributed by atoms with Crippen LogP contribution in [0.25, 0.3) is 0 Å². The van der Waals surface area contributed by atoms with Gasteiger partial charge < -0.3 is 5.32 Å². The van der Waals surface area contributed by atoms with Crippen LogP contribution in [-0.4, -0.2) is 32.8 Å². The Kier molecular flexibility index (Phi) is 6.13. The fraction of sp³-hybridized carbons (Fsp3) is 0.462. The van der Waals surface area contributed by atoms with Crippen molar-refractivity contribution < 1.29 is 4.39 Å². The molecule has 1 aromatic heterocycles. The number of tetrazole rings is 1. The van der Waals surface area contributed by atoms with Crippen molar-refractivity contribution in [3.05, 3.63) is 34.1 Å². The summed E-state index contributed by atoms with van der Waals surface area (Å²) in [6.07, 6.45) is 0. The highest BCUT2D eigenvalue weighted by Gasteiger charge is 2.08. The molecule has 1 N–H and O–H groups in total. The minimum Gasteiger partial charge on any atom is -0.313 e. The molecule has 0 aliphatic rings. The minimum absolute atomic E-state index is 0.249. The summed E-state index contributed by atoms with van der Waals surface area (Å²) in [7, 11) is 0. The third-order valence-corrected chi connectivity index (χ3v) is 4.15. The lowest BCUT2D eigenvalue weighted by molar-refractivity contribution is 0.485. The predicted molar refractivity (Wildman–Crippen MR) is 84.6 cm³/mol. The Balaban J connectivity index is 1.92. The van der Waals surface area contributed by atoms with Gasteiger partial charge in [0.05, 0.1) is 6.54 Å². The molecule has 0 aliphatic carbocycles. The molecule has 0 unspecified atom stereocenters. The number of hydrogen-bond acceptors (Lipinski definition) is 5. The van der Waals surface area contributed by atoms with Crippen molar-refractivity contribution in [2.75, 3.05) is 6.54 Å². The van der Waals surface area contributed by atoms with Gasteiger partial charge in [-0.15, -0.1) is 5.10 Å². The van der Waals surface area contributed by atoms with E-state index in [-0.39, 0.29) is 5.82 Å². The smallest absolute Gasteiger partial charge is 0.209 e. The van der Waals surface area contributed by atoms with Gasteiger partial charge in [0.1, 0.15) is 5.82 Å². The van der Waals surface area contributed by atoms with Gasteiger partial charge >= 0.3 is 0 Å². The van der Waals surface area contributed by atoms with Gasteiger partial charge in [-0.3, -0.25) is 0 Å². The number of benzene rings is 1. The summed E-state index contributed by atoms with van der Waals surface area (Å²) in [5, 5.41) is 15.7. The maximum atomic E-state index is 13.3. The van der Waals surface area contributed by atoms with Gasteiger partial charge in [0.15, 0.2) is 0 Å². The van der Waals surface area contributed by atoms with Crippen LogP contribution in [0.3, 0.4) is 0 Å². The van der Waals surface area contributed by atoms with Crippen LogP contribution >= 0.6 is 27.7 Å². The lowest BCUT2D eigenvalue weighted by Crippen LogP contribution is -2.27. The molecular formula is C13H17BrFN5S. The molecule has 0 bridgehead atoms. The standard InChI is InChI=1S/C13H17BrFN5S/c1-9(2)16-3-4-20-13(17-18-19-20)21-8-10-5-11(14)7-12(15)6-10/h5-7,9,16H,3-4,8H2,1-2H3. The van der Waals surface area contributed by atoms with Crippen molar-refractivity contribution >= 4 is 27.7 Å². The maximum absolute atomic E-state index is 13.3. The van der Waals surface area contributed by atoms with Gasteiger partial charge in [0, 0.05) is 22.8 Å². The fourth-order valence-electron chi connectivity index (χ4n) is 1.74. The molecule has 0 spiro atoms. The first-order valence-corrected chi connectivity index (χ1v) is 8.40. The van der Waals surface area contributed by atoms with E-state index < -0.39 is 0 Å². The van der Waals surface area contributed by atoms with Crippen molar-refractivity contribution in [2.45, 2.75) is 37.3 Å². The molecule has 1 aromatic carbocycles. The van der Waals surface area contributed by atoms with Crippen LogP contribution in [-0.2, 0) is 12.3 Å². The summed E-state index contributed by atoms with van der Waals surface area (Å²) < 4.78 is 15.8. The topological polar surface area (TPSA) is 55.6 Å². The Labute approximate surface area is 135 Å². The van der Waals surface area contributed by atoms with E-state index in [4.69, 9.17) is 0 Å². The first kappa shape index (κ1) is 16.4. The third-order valence-electron chi connectivity index (χ3n) is 2.67. The quantitative estimate of drug-likeness (QED) is 0.756. The third kappa shape index (κ3) is 5.37. The molecule has 0 atom stereocenters. The molecule has 114 valence electrons. The molecule has 0 fully saturated rings. The summed E-state index contributed by atoms with van der Waals surface area (Å²) in [5.74, 6) is 0.370. The lowest BCUT2D eigenvalue weighted by Gasteiger charge is -2.08. The van der Waals surface area contributed by atoms with Crippen LogP contribution in [0.2, 0.25) is 0 Å². The molecule has 21 heavy (non-hydrogen) atoms. The highest BCUT2D eigenvalue weighted by atomic mass is 79.9. The van der Waals surface area contributed by atoms with Crippen molar-refractivity contribution in [3.8, 4) is 0 Å². The molecule has 0 saturated carbocycles.